The molecule has 1 aliphatic rings. The van der Waals surface area contributed by atoms with E-state index in [1.54, 1.807) is 12.3 Å². The zero-order chi connectivity index (χ0) is 30.2. The Hall–Kier alpha value is -6.13. The largest absolute Gasteiger partial charge is 0.299 e. The molecule has 0 spiro atoms. The first-order chi connectivity index (χ1) is 22.2. The van der Waals surface area contributed by atoms with Crippen molar-refractivity contribution in [2.75, 3.05) is 5.43 Å². The van der Waals surface area contributed by atoms with Gasteiger partial charge in [-0.2, -0.15) is 5.10 Å². The number of allylic oxidation sites excluding steroid dienone is 4. The number of pyridine rings is 1. The number of hydrogen-bond acceptors (Lipinski definition) is 4. The van der Waals surface area contributed by atoms with Crippen molar-refractivity contribution >= 4 is 55.0 Å². The van der Waals surface area contributed by atoms with Gasteiger partial charge in [-0.25, -0.2) is 0 Å². The topological polar surface area (TPSA) is 61.1 Å². The van der Waals surface area contributed by atoms with Crippen molar-refractivity contribution in [2.24, 2.45) is 5.10 Å². The molecule has 0 aliphatic heterocycles. The van der Waals surface area contributed by atoms with E-state index in [2.05, 4.69) is 119 Å². The summed E-state index contributed by atoms with van der Waals surface area (Å²) in [4.78, 5) is 4.22. The molecule has 0 atom stereocenters. The fourth-order valence-electron chi connectivity index (χ4n) is 6.27. The van der Waals surface area contributed by atoms with Crippen molar-refractivity contribution in [3.05, 3.63) is 164 Å². The third kappa shape index (κ3) is 4.89. The number of hydrogen-bond donors (Lipinski definition) is 2. The van der Waals surface area contributed by atoms with Crippen molar-refractivity contribution in [1.29, 1.82) is 5.41 Å². The van der Waals surface area contributed by atoms with Gasteiger partial charge in [-0.05, 0) is 96.6 Å². The van der Waals surface area contributed by atoms with Crippen LogP contribution in [0.25, 0.3) is 60.1 Å². The summed E-state index contributed by atoms with van der Waals surface area (Å²) < 4.78 is 0. The van der Waals surface area contributed by atoms with Gasteiger partial charge in [0.25, 0.3) is 0 Å². The van der Waals surface area contributed by atoms with Crippen molar-refractivity contribution in [3.8, 4) is 22.3 Å². The summed E-state index contributed by atoms with van der Waals surface area (Å²) in [5.41, 5.74) is 11.7. The zero-order valence-electron chi connectivity index (χ0n) is 24.4. The van der Waals surface area contributed by atoms with E-state index in [1.165, 1.54) is 49.0 Å². The highest BCUT2D eigenvalue weighted by Gasteiger charge is 2.17. The number of benzene rings is 6. The van der Waals surface area contributed by atoms with Gasteiger partial charge >= 0.3 is 0 Å². The molecule has 4 nitrogen and oxygen atoms in total. The highest BCUT2D eigenvalue weighted by Crippen LogP contribution is 2.44. The summed E-state index contributed by atoms with van der Waals surface area (Å²) >= 11 is 0. The van der Waals surface area contributed by atoms with E-state index < -0.39 is 0 Å². The van der Waals surface area contributed by atoms with E-state index in [1.807, 2.05) is 42.6 Å². The lowest BCUT2D eigenvalue weighted by molar-refractivity contribution is 1.31. The summed E-state index contributed by atoms with van der Waals surface area (Å²) in [6.45, 7) is 0. The highest BCUT2D eigenvalue weighted by molar-refractivity contribution is 6.51. The lowest BCUT2D eigenvalue weighted by atomic mass is 9.85. The Kier molecular flexibility index (Phi) is 6.58. The first-order valence-electron chi connectivity index (χ1n) is 15.0. The maximum Gasteiger partial charge on any atom is 0.109 e. The molecule has 7 aromatic rings. The standard InChI is InChI=1S/C41H28N4/c42-38-22-19-30(32-10-7-23-43-26-32)25-39(38)45-44-33-20-17-28(18-21-33)40-34-11-3-5-13-36(34)41(37-14-6-4-12-35(37)40)31-16-15-27-8-1-2-9-29(27)24-31/h1-26,42,44H/b42-38?,45-39-. The lowest BCUT2D eigenvalue weighted by Crippen LogP contribution is -2.13. The van der Waals surface area contributed by atoms with Gasteiger partial charge in [0.15, 0.2) is 0 Å². The first-order valence-corrected chi connectivity index (χ1v) is 15.0. The maximum atomic E-state index is 8.37. The van der Waals surface area contributed by atoms with Crippen LogP contribution in [-0.2, 0) is 0 Å². The number of hydrazone groups is 1. The third-order valence-corrected chi connectivity index (χ3v) is 8.44. The third-order valence-electron chi connectivity index (χ3n) is 8.44. The minimum absolute atomic E-state index is 0.358. The summed E-state index contributed by atoms with van der Waals surface area (Å²) in [6, 6.07) is 45.1. The molecule has 0 bridgehead atoms. The van der Waals surface area contributed by atoms with Crippen LogP contribution < -0.4 is 5.43 Å². The highest BCUT2D eigenvalue weighted by atomic mass is 15.3. The van der Waals surface area contributed by atoms with E-state index in [9.17, 15) is 0 Å². The van der Waals surface area contributed by atoms with Crippen LogP contribution in [0.4, 0.5) is 5.69 Å². The Morgan fingerprint density at radius 2 is 1.18 bits per heavy atom. The van der Waals surface area contributed by atoms with Gasteiger partial charge in [-0.1, -0.05) is 109 Å². The molecule has 6 aromatic carbocycles. The molecule has 45 heavy (non-hydrogen) atoms. The molecule has 0 fully saturated rings. The molecule has 2 N–H and O–H groups in total. The van der Waals surface area contributed by atoms with Gasteiger partial charge in [-0.15, -0.1) is 0 Å². The van der Waals surface area contributed by atoms with Gasteiger partial charge in [0, 0.05) is 18.0 Å². The number of nitrogens with zero attached hydrogens (tertiary/aromatic N) is 2. The zero-order valence-corrected chi connectivity index (χ0v) is 24.4. The first kappa shape index (κ1) is 26.5. The van der Waals surface area contributed by atoms with Gasteiger partial charge in [0.1, 0.15) is 5.71 Å². The molecule has 212 valence electrons. The van der Waals surface area contributed by atoms with Crippen molar-refractivity contribution in [2.45, 2.75) is 0 Å². The summed E-state index contributed by atoms with van der Waals surface area (Å²) in [5.74, 6) is 0. The number of aromatic nitrogens is 1. The molecule has 0 amide bonds. The molecule has 0 radical (unpaired) electrons. The molecule has 0 saturated heterocycles. The van der Waals surface area contributed by atoms with Crippen LogP contribution in [0, 0.1) is 5.41 Å². The van der Waals surface area contributed by atoms with Gasteiger partial charge < -0.3 is 0 Å². The number of anilines is 1. The van der Waals surface area contributed by atoms with Crippen LogP contribution in [0.2, 0.25) is 0 Å². The molecule has 4 heteroatoms. The molecule has 1 aromatic heterocycles. The SMILES string of the molecule is N=C1C=CC(c2cccnc2)=C/C1=N/Nc1ccc(-c2c3ccccc3c(-c3ccc4ccccc4c3)c3ccccc23)cc1. The average Bonchev–Trinajstić information content (AvgIpc) is 3.10. The maximum absolute atomic E-state index is 8.37. The van der Waals surface area contributed by atoms with E-state index in [4.69, 9.17) is 5.41 Å². The quantitative estimate of drug-likeness (QED) is 0.122. The minimum atomic E-state index is 0.358. The molecule has 8 rings (SSSR count). The van der Waals surface area contributed by atoms with Crippen LogP contribution in [0.1, 0.15) is 5.56 Å². The molecule has 1 aliphatic carbocycles. The fraction of sp³-hybridized carbons (Fsp3) is 0. The van der Waals surface area contributed by atoms with E-state index >= 15 is 0 Å². The Morgan fingerprint density at radius 1 is 0.556 bits per heavy atom. The molecular formula is C41H28N4. The van der Waals surface area contributed by atoms with Crippen molar-refractivity contribution in [3.63, 3.8) is 0 Å². The molecule has 0 saturated carbocycles. The van der Waals surface area contributed by atoms with Gasteiger partial charge in [0.05, 0.1) is 11.4 Å². The van der Waals surface area contributed by atoms with Crippen LogP contribution in [0.3, 0.4) is 0 Å². The van der Waals surface area contributed by atoms with Crippen LogP contribution in [-0.4, -0.2) is 16.4 Å². The Bertz CT molecular complexity index is 2290. The van der Waals surface area contributed by atoms with E-state index in [-0.39, 0.29) is 0 Å². The van der Waals surface area contributed by atoms with Crippen LogP contribution in [0.15, 0.2) is 163 Å². The predicted molar refractivity (Wildman–Crippen MR) is 190 cm³/mol. The second-order valence-corrected chi connectivity index (χ2v) is 11.2. The van der Waals surface area contributed by atoms with Crippen LogP contribution >= 0.6 is 0 Å². The number of fused-ring (bicyclic) bond motifs is 3. The fourth-order valence-corrected chi connectivity index (χ4v) is 6.27. The average molecular weight is 577 g/mol. The van der Waals surface area contributed by atoms with Crippen molar-refractivity contribution < 1.29 is 0 Å². The second kappa shape index (κ2) is 11.2. The normalized spacial score (nSPS) is 13.9. The molecule has 0 unspecified atom stereocenters. The summed E-state index contributed by atoms with van der Waals surface area (Å²) in [5, 5.41) is 20.3. The number of nitrogens with one attached hydrogen (secondary N) is 2. The van der Waals surface area contributed by atoms with E-state index in [0.29, 0.717) is 11.4 Å². The lowest BCUT2D eigenvalue weighted by Gasteiger charge is -2.18. The Balaban J connectivity index is 1.19. The minimum Gasteiger partial charge on any atom is -0.299 e. The summed E-state index contributed by atoms with van der Waals surface area (Å²) in [7, 11) is 0. The van der Waals surface area contributed by atoms with E-state index in [0.717, 1.165) is 22.4 Å². The second-order valence-electron chi connectivity index (χ2n) is 11.2. The number of rotatable bonds is 5. The monoisotopic (exact) mass is 576 g/mol. The Labute approximate surface area is 261 Å². The smallest absolute Gasteiger partial charge is 0.109 e. The summed E-state index contributed by atoms with van der Waals surface area (Å²) in [6.07, 6.45) is 9.17. The van der Waals surface area contributed by atoms with Crippen LogP contribution in [0.5, 0.6) is 0 Å². The van der Waals surface area contributed by atoms with Gasteiger partial charge in [0.2, 0.25) is 0 Å². The van der Waals surface area contributed by atoms with Crippen molar-refractivity contribution in [1.82, 2.24) is 4.98 Å². The van der Waals surface area contributed by atoms with Gasteiger partial charge in [-0.3, -0.25) is 15.8 Å². The molecule has 1 heterocycles. The molecular weight excluding hydrogens is 548 g/mol. The predicted octanol–water partition coefficient (Wildman–Crippen LogP) is 10.3. The Morgan fingerprint density at radius 3 is 1.84 bits per heavy atom.